The highest BCUT2D eigenvalue weighted by Crippen LogP contribution is 2.28. The number of carbonyl (C=O) groups is 1. The average molecular weight is 383 g/mol. The predicted molar refractivity (Wildman–Crippen MR) is 107 cm³/mol. The van der Waals surface area contributed by atoms with Crippen LogP contribution in [0.1, 0.15) is 18.1 Å². The fraction of sp³-hybridized carbons (Fsp3) is 0.250. The van der Waals surface area contributed by atoms with E-state index in [0.29, 0.717) is 10.9 Å². The second-order valence-electron chi connectivity index (χ2n) is 6.09. The molecule has 0 aliphatic carbocycles. The number of benzene rings is 2. The van der Waals surface area contributed by atoms with Crippen LogP contribution in [0.2, 0.25) is 0 Å². The van der Waals surface area contributed by atoms with Crippen LogP contribution < -0.4 is 14.8 Å². The van der Waals surface area contributed by atoms with Crippen molar-refractivity contribution in [1.29, 1.82) is 0 Å². The summed E-state index contributed by atoms with van der Waals surface area (Å²) in [5.74, 6) is 1.20. The lowest BCUT2D eigenvalue weighted by Crippen LogP contribution is -2.30. The SMILES string of the molecule is COc1ccc(-c2nnc(NC(=O)[C@H](C)Oc3cccc(C)c3C)s2)cc1. The second-order valence-corrected chi connectivity index (χ2v) is 7.07. The molecule has 0 spiro atoms. The van der Waals surface area contributed by atoms with Gasteiger partial charge in [0.1, 0.15) is 16.5 Å². The van der Waals surface area contributed by atoms with Crippen LogP contribution >= 0.6 is 11.3 Å². The molecule has 140 valence electrons. The standard InChI is InChI=1S/C20H21N3O3S/c1-12-6-5-7-17(13(12)2)26-14(3)18(24)21-20-23-22-19(27-20)15-8-10-16(25-4)11-9-15/h5-11,14H,1-4H3,(H,21,23,24)/t14-/m0/s1. The fourth-order valence-corrected chi connectivity index (χ4v) is 3.18. The van der Waals surface area contributed by atoms with Gasteiger partial charge in [-0.05, 0) is 62.2 Å². The van der Waals surface area contributed by atoms with E-state index in [2.05, 4.69) is 15.5 Å². The van der Waals surface area contributed by atoms with E-state index in [9.17, 15) is 4.79 Å². The summed E-state index contributed by atoms with van der Waals surface area (Å²) in [7, 11) is 1.62. The molecule has 1 heterocycles. The zero-order valence-corrected chi connectivity index (χ0v) is 16.5. The highest BCUT2D eigenvalue weighted by atomic mass is 32.1. The van der Waals surface area contributed by atoms with Gasteiger partial charge in [0.05, 0.1) is 7.11 Å². The normalized spacial score (nSPS) is 11.7. The first-order valence-electron chi connectivity index (χ1n) is 8.49. The molecule has 0 saturated heterocycles. The Hall–Kier alpha value is -2.93. The van der Waals surface area contributed by atoms with E-state index < -0.39 is 6.10 Å². The summed E-state index contributed by atoms with van der Waals surface area (Å²) in [4.78, 5) is 12.4. The number of rotatable bonds is 6. The zero-order valence-electron chi connectivity index (χ0n) is 15.6. The van der Waals surface area contributed by atoms with Gasteiger partial charge in [-0.25, -0.2) is 0 Å². The van der Waals surface area contributed by atoms with Crippen LogP contribution in [0.25, 0.3) is 10.6 Å². The van der Waals surface area contributed by atoms with Crippen LogP contribution in [-0.2, 0) is 4.79 Å². The maximum Gasteiger partial charge on any atom is 0.266 e. The first-order valence-corrected chi connectivity index (χ1v) is 9.31. The minimum atomic E-state index is -0.654. The Labute approximate surface area is 162 Å². The van der Waals surface area contributed by atoms with Crippen LogP contribution in [-0.4, -0.2) is 29.3 Å². The van der Waals surface area contributed by atoms with E-state index in [4.69, 9.17) is 9.47 Å². The monoisotopic (exact) mass is 383 g/mol. The molecular formula is C20H21N3O3S. The van der Waals surface area contributed by atoms with Crippen molar-refractivity contribution in [3.8, 4) is 22.1 Å². The first-order chi connectivity index (χ1) is 13.0. The smallest absolute Gasteiger partial charge is 0.266 e. The Morgan fingerprint density at radius 1 is 1.11 bits per heavy atom. The molecule has 1 amide bonds. The van der Waals surface area contributed by atoms with E-state index in [1.54, 1.807) is 14.0 Å². The number of hydrogen-bond acceptors (Lipinski definition) is 6. The third-order valence-corrected chi connectivity index (χ3v) is 5.11. The average Bonchev–Trinajstić information content (AvgIpc) is 3.14. The molecule has 0 bridgehead atoms. The van der Waals surface area contributed by atoms with Gasteiger partial charge < -0.3 is 9.47 Å². The van der Waals surface area contributed by atoms with Crippen LogP contribution in [0.3, 0.4) is 0 Å². The molecule has 0 saturated carbocycles. The topological polar surface area (TPSA) is 73.3 Å². The van der Waals surface area contributed by atoms with Gasteiger partial charge in [0, 0.05) is 5.56 Å². The number of aromatic nitrogens is 2. The number of nitrogens with one attached hydrogen (secondary N) is 1. The van der Waals surface area contributed by atoms with Crippen molar-refractivity contribution < 1.29 is 14.3 Å². The number of amides is 1. The van der Waals surface area contributed by atoms with Gasteiger partial charge in [-0.3, -0.25) is 10.1 Å². The molecule has 3 aromatic rings. The quantitative estimate of drug-likeness (QED) is 0.689. The summed E-state index contributed by atoms with van der Waals surface area (Å²) in [6.07, 6.45) is -0.654. The second kappa shape index (κ2) is 8.18. The van der Waals surface area contributed by atoms with Gasteiger partial charge in [-0.2, -0.15) is 0 Å². The number of ether oxygens (including phenoxy) is 2. The third-order valence-electron chi connectivity index (χ3n) is 4.22. The number of hydrogen-bond donors (Lipinski definition) is 1. The largest absolute Gasteiger partial charge is 0.497 e. The number of carbonyl (C=O) groups excluding carboxylic acids is 1. The van der Waals surface area contributed by atoms with Gasteiger partial charge in [-0.15, -0.1) is 10.2 Å². The molecular weight excluding hydrogens is 362 g/mol. The molecule has 0 aliphatic rings. The first kappa shape index (κ1) is 18.8. The van der Waals surface area contributed by atoms with Crippen molar-refractivity contribution in [3.05, 3.63) is 53.6 Å². The molecule has 6 nitrogen and oxygen atoms in total. The van der Waals surface area contributed by atoms with E-state index in [1.807, 2.05) is 56.3 Å². The minimum Gasteiger partial charge on any atom is -0.497 e. The van der Waals surface area contributed by atoms with Gasteiger partial charge in [-0.1, -0.05) is 23.5 Å². The van der Waals surface area contributed by atoms with Crippen LogP contribution in [0.15, 0.2) is 42.5 Å². The predicted octanol–water partition coefficient (Wildman–Crippen LogP) is 4.24. The molecule has 7 heteroatoms. The molecule has 1 N–H and O–H groups in total. The highest BCUT2D eigenvalue weighted by Gasteiger charge is 2.18. The summed E-state index contributed by atoms with van der Waals surface area (Å²) >= 11 is 1.31. The fourth-order valence-electron chi connectivity index (χ4n) is 2.43. The number of methoxy groups -OCH3 is 1. The summed E-state index contributed by atoms with van der Waals surface area (Å²) < 4.78 is 11.0. The lowest BCUT2D eigenvalue weighted by Gasteiger charge is -2.16. The molecule has 0 radical (unpaired) electrons. The lowest BCUT2D eigenvalue weighted by atomic mass is 10.1. The van der Waals surface area contributed by atoms with Crippen molar-refractivity contribution in [2.24, 2.45) is 0 Å². The van der Waals surface area contributed by atoms with Gasteiger partial charge in [0.2, 0.25) is 5.13 Å². The van der Waals surface area contributed by atoms with Crippen molar-refractivity contribution >= 4 is 22.4 Å². The minimum absolute atomic E-state index is 0.270. The zero-order chi connectivity index (χ0) is 19.4. The Morgan fingerprint density at radius 2 is 1.85 bits per heavy atom. The highest BCUT2D eigenvalue weighted by molar-refractivity contribution is 7.18. The summed E-state index contributed by atoms with van der Waals surface area (Å²) in [6, 6.07) is 13.3. The van der Waals surface area contributed by atoms with Gasteiger partial charge in [0.25, 0.3) is 5.91 Å². The van der Waals surface area contributed by atoms with Crippen molar-refractivity contribution in [2.75, 3.05) is 12.4 Å². The van der Waals surface area contributed by atoms with Crippen LogP contribution in [0.4, 0.5) is 5.13 Å². The summed E-state index contributed by atoms with van der Waals surface area (Å²) in [6.45, 7) is 5.69. The number of anilines is 1. The van der Waals surface area contributed by atoms with Crippen molar-refractivity contribution in [3.63, 3.8) is 0 Å². The third kappa shape index (κ3) is 4.43. The number of nitrogens with zero attached hydrogens (tertiary/aromatic N) is 2. The van der Waals surface area contributed by atoms with E-state index >= 15 is 0 Å². The van der Waals surface area contributed by atoms with Gasteiger partial charge >= 0.3 is 0 Å². The molecule has 1 aromatic heterocycles. The molecule has 0 unspecified atom stereocenters. The van der Waals surface area contributed by atoms with Crippen molar-refractivity contribution in [2.45, 2.75) is 26.9 Å². The Kier molecular flexibility index (Phi) is 5.71. The van der Waals surface area contributed by atoms with Gasteiger partial charge in [0.15, 0.2) is 6.10 Å². The van der Waals surface area contributed by atoms with Crippen LogP contribution in [0, 0.1) is 13.8 Å². The Morgan fingerprint density at radius 3 is 2.56 bits per heavy atom. The molecule has 0 aliphatic heterocycles. The maximum absolute atomic E-state index is 12.4. The molecule has 3 rings (SSSR count). The lowest BCUT2D eigenvalue weighted by molar-refractivity contribution is -0.122. The van der Waals surface area contributed by atoms with E-state index in [-0.39, 0.29) is 5.91 Å². The van der Waals surface area contributed by atoms with E-state index in [0.717, 1.165) is 27.4 Å². The maximum atomic E-state index is 12.4. The Bertz CT molecular complexity index is 938. The summed E-state index contributed by atoms with van der Waals surface area (Å²) in [5.41, 5.74) is 3.05. The van der Waals surface area contributed by atoms with E-state index in [1.165, 1.54) is 11.3 Å². The van der Waals surface area contributed by atoms with Crippen molar-refractivity contribution in [1.82, 2.24) is 10.2 Å². The number of aryl methyl sites for hydroxylation is 1. The van der Waals surface area contributed by atoms with Crippen LogP contribution in [0.5, 0.6) is 11.5 Å². The summed E-state index contributed by atoms with van der Waals surface area (Å²) in [5, 5.41) is 12.1. The molecule has 2 aromatic carbocycles. The molecule has 1 atom stereocenters. The molecule has 0 fully saturated rings. The Balaban J connectivity index is 1.65. The molecule has 27 heavy (non-hydrogen) atoms.